The van der Waals surface area contributed by atoms with E-state index >= 15 is 0 Å². The van der Waals surface area contributed by atoms with Crippen LogP contribution in [0.2, 0.25) is 0 Å². The van der Waals surface area contributed by atoms with Gasteiger partial charge in [-0.15, -0.1) is 0 Å². The van der Waals surface area contributed by atoms with Gasteiger partial charge in [-0.3, -0.25) is 4.90 Å². The average Bonchev–Trinajstić information content (AvgIpc) is 2.40. The van der Waals surface area contributed by atoms with Crippen molar-refractivity contribution in [1.29, 1.82) is 0 Å². The summed E-state index contributed by atoms with van der Waals surface area (Å²) in [6.07, 6.45) is 4.35. The highest BCUT2D eigenvalue weighted by atomic mass is 16.4. The Bertz CT molecular complexity index is 481. The molecule has 2 rings (SSSR count). The lowest BCUT2D eigenvalue weighted by molar-refractivity contribution is -0.131. The number of hydrogen-bond donors (Lipinski definition) is 2. The zero-order valence-corrected chi connectivity index (χ0v) is 11.7. The molecule has 4 heteroatoms. The van der Waals surface area contributed by atoms with Crippen molar-refractivity contribution in [3.8, 4) is 0 Å². The Hall–Kier alpha value is -1.65. The monoisotopic (exact) mass is 275 g/mol. The number of carbonyl (C=O) groups is 1. The zero-order chi connectivity index (χ0) is 14.6. The van der Waals surface area contributed by atoms with Gasteiger partial charge in [-0.1, -0.05) is 24.3 Å². The fraction of sp³-hybridized carbons (Fsp3) is 0.438. The third-order valence-corrected chi connectivity index (χ3v) is 3.74. The molecule has 0 aromatic heterocycles. The molecule has 1 heterocycles. The van der Waals surface area contributed by atoms with Crippen LogP contribution in [0, 0.1) is 0 Å². The van der Waals surface area contributed by atoms with Gasteiger partial charge in [-0.05, 0) is 37.0 Å². The summed E-state index contributed by atoms with van der Waals surface area (Å²) in [5, 5.41) is 18.5. The van der Waals surface area contributed by atoms with E-state index < -0.39 is 11.6 Å². The summed E-state index contributed by atoms with van der Waals surface area (Å²) in [5.41, 5.74) is 1.58. The molecule has 1 aliphatic heterocycles. The second kappa shape index (κ2) is 6.20. The Kier molecular flexibility index (Phi) is 4.57. The predicted octanol–water partition coefficient (Wildman–Crippen LogP) is 2.13. The molecule has 0 bridgehead atoms. The molecule has 0 unspecified atom stereocenters. The number of hydrogen-bond acceptors (Lipinski definition) is 3. The van der Waals surface area contributed by atoms with Crippen LogP contribution < -0.4 is 0 Å². The number of benzene rings is 1. The van der Waals surface area contributed by atoms with Gasteiger partial charge in [0.25, 0.3) is 0 Å². The van der Waals surface area contributed by atoms with E-state index in [2.05, 4.69) is 4.90 Å². The molecule has 1 aliphatic rings. The molecular weight excluding hydrogens is 254 g/mol. The van der Waals surface area contributed by atoms with Crippen LogP contribution >= 0.6 is 0 Å². The molecule has 1 aromatic carbocycles. The van der Waals surface area contributed by atoms with Crippen LogP contribution in [-0.2, 0) is 11.3 Å². The predicted molar refractivity (Wildman–Crippen MR) is 78.2 cm³/mol. The first-order valence-corrected chi connectivity index (χ1v) is 6.89. The molecule has 0 radical (unpaired) electrons. The standard InChI is InChI=1S/C16H21NO3/c1-16(20)8-10-17(11-9-16)12-14-4-2-13(3-5-14)6-7-15(18)19/h2-7,20H,8-12H2,1H3,(H,18,19)/b7-6+. The topological polar surface area (TPSA) is 60.8 Å². The molecule has 1 aromatic rings. The summed E-state index contributed by atoms with van der Waals surface area (Å²) in [6.45, 7) is 4.59. The van der Waals surface area contributed by atoms with E-state index in [-0.39, 0.29) is 0 Å². The molecule has 0 aliphatic carbocycles. The largest absolute Gasteiger partial charge is 0.478 e. The zero-order valence-electron chi connectivity index (χ0n) is 11.7. The molecule has 0 saturated carbocycles. The Balaban J connectivity index is 1.90. The highest BCUT2D eigenvalue weighted by Crippen LogP contribution is 2.22. The molecule has 4 nitrogen and oxygen atoms in total. The van der Waals surface area contributed by atoms with Crippen molar-refractivity contribution in [2.45, 2.75) is 31.9 Å². The van der Waals surface area contributed by atoms with E-state index in [1.807, 2.05) is 31.2 Å². The number of piperidine rings is 1. The van der Waals surface area contributed by atoms with Crippen LogP contribution in [-0.4, -0.2) is 39.8 Å². The van der Waals surface area contributed by atoms with Gasteiger partial charge in [0.05, 0.1) is 5.60 Å². The van der Waals surface area contributed by atoms with Crippen molar-refractivity contribution in [1.82, 2.24) is 4.90 Å². The average molecular weight is 275 g/mol. The van der Waals surface area contributed by atoms with Gasteiger partial charge in [0.1, 0.15) is 0 Å². The molecule has 0 atom stereocenters. The second-order valence-corrected chi connectivity index (χ2v) is 5.69. The molecule has 2 N–H and O–H groups in total. The van der Waals surface area contributed by atoms with Crippen molar-refractivity contribution in [2.24, 2.45) is 0 Å². The molecule has 1 saturated heterocycles. The number of carboxylic acid groups (broad SMARTS) is 1. The molecule has 0 spiro atoms. The lowest BCUT2D eigenvalue weighted by atomic mass is 9.93. The van der Waals surface area contributed by atoms with E-state index in [1.54, 1.807) is 6.08 Å². The highest BCUT2D eigenvalue weighted by molar-refractivity contribution is 5.85. The SMILES string of the molecule is CC1(O)CCN(Cc2ccc(/C=C/C(=O)O)cc2)CC1. The Morgan fingerprint density at radius 2 is 1.90 bits per heavy atom. The van der Waals surface area contributed by atoms with Gasteiger partial charge in [0.15, 0.2) is 0 Å². The van der Waals surface area contributed by atoms with Crippen LogP contribution in [0.4, 0.5) is 0 Å². The van der Waals surface area contributed by atoms with Crippen molar-refractivity contribution < 1.29 is 15.0 Å². The van der Waals surface area contributed by atoms with Crippen LogP contribution in [0.3, 0.4) is 0 Å². The van der Waals surface area contributed by atoms with Gasteiger partial charge >= 0.3 is 5.97 Å². The number of rotatable bonds is 4. The minimum absolute atomic E-state index is 0.512. The van der Waals surface area contributed by atoms with E-state index in [0.29, 0.717) is 0 Å². The maximum Gasteiger partial charge on any atom is 0.328 e. The first-order chi connectivity index (χ1) is 9.44. The number of aliphatic hydroxyl groups is 1. The van der Waals surface area contributed by atoms with Gasteiger partial charge < -0.3 is 10.2 Å². The van der Waals surface area contributed by atoms with Gasteiger partial charge in [-0.2, -0.15) is 0 Å². The number of carboxylic acids is 1. The minimum atomic E-state index is -0.936. The van der Waals surface area contributed by atoms with Crippen molar-refractivity contribution in [3.05, 3.63) is 41.5 Å². The van der Waals surface area contributed by atoms with Gasteiger partial charge in [-0.25, -0.2) is 4.79 Å². The molecule has 20 heavy (non-hydrogen) atoms. The Morgan fingerprint density at radius 1 is 1.30 bits per heavy atom. The summed E-state index contributed by atoms with van der Waals surface area (Å²) in [6, 6.07) is 7.90. The molecular formula is C16H21NO3. The van der Waals surface area contributed by atoms with E-state index in [0.717, 1.165) is 44.1 Å². The number of likely N-dealkylation sites (tertiary alicyclic amines) is 1. The third-order valence-electron chi connectivity index (χ3n) is 3.74. The maximum atomic E-state index is 10.4. The minimum Gasteiger partial charge on any atom is -0.478 e. The van der Waals surface area contributed by atoms with E-state index in [4.69, 9.17) is 5.11 Å². The van der Waals surface area contributed by atoms with E-state index in [9.17, 15) is 9.90 Å². The third kappa shape index (κ3) is 4.47. The molecule has 108 valence electrons. The Labute approximate surface area is 119 Å². The molecule has 1 fully saturated rings. The van der Waals surface area contributed by atoms with Crippen molar-refractivity contribution in [2.75, 3.05) is 13.1 Å². The van der Waals surface area contributed by atoms with Crippen LogP contribution in [0.5, 0.6) is 0 Å². The quantitative estimate of drug-likeness (QED) is 0.826. The normalized spacial score (nSPS) is 19.3. The summed E-state index contributed by atoms with van der Waals surface area (Å²) in [4.78, 5) is 12.8. The fourth-order valence-corrected chi connectivity index (χ4v) is 2.35. The van der Waals surface area contributed by atoms with Gasteiger partial charge in [0, 0.05) is 25.7 Å². The van der Waals surface area contributed by atoms with Crippen molar-refractivity contribution >= 4 is 12.0 Å². The number of nitrogens with zero attached hydrogens (tertiary/aromatic N) is 1. The lowest BCUT2D eigenvalue weighted by Crippen LogP contribution is -2.41. The fourth-order valence-electron chi connectivity index (χ4n) is 2.35. The van der Waals surface area contributed by atoms with Gasteiger partial charge in [0.2, 0.25) is 0 Å². The van der Waals surface area contributed by atoms with Crippen LogP contribution in [0.15, 0.2) is 30.3 Å². The maximum absolute atomic E-state index is 10.4. The first-order valence-electron chi connectivity index (χ1n) is 6.89. The van der Waals surface area contributed by atoms with E-state index in [1.165, 1.54) is 5.56 Å². The summed E-state index contributed by atoms with van der Waals surface area (Å²) < 4.78 is 0. The smallest absolute Gasteiger partial charge is 0.328 e. The first kappa shape index (κ1) is 14.8. The van der Waals surface area contributed by atoms with Crippen LogP contribution in [0.1, 0.15) is 30.9 Å². The Morgan fingerprint density at radius 3 is 2.45 bits per heavy atom. The highest BCUT2D eigenvalue weighted by Gasteiger charge is 2.26. The summed E-state index contributed by atoms with van der Waals surface area (Å²) >= 11 is 0. The summed E-state index contributed by atoms with van der Waals surface area (Å²) in [7, 11) is 0. The summed E-state index contributed by atoms with van der Waals surface area (Å²) in [5.74, 6) is -0.936. The lowest BCUT2D eigenvalue weighted by Gasteiger charge is -2.35. The van der Waals surface area contributed by atoms with Crippen molar-refractivity contribution in [3.63, 3.8) is 0 Å². The second-order valence-electron chi connectivity index (χ2n) is 5.69. The van der Waals surface area contributed by atoms with Crippen LogP contribution in [0.25, 0.3) is 6.08 Å². The molecule has 0 amide bonds. The number of aliphatic carboxylic acids is 1.